The Labute approximate surface area is 245 Å². The number of nitrogens with one attached hydrogen (secondary N) is 2. The molecule has 44 heavy (non-hydrogen) atoms. The highest BCUT2D eigenvalue weighted by molar-refractivity contribution is 5.92. The van der Waals surface area contributed by atoms with Crippen LogP contribution in [-0.4, -0.2) is 94.7 Å². The zero-order chi connectivity index (χ0) is 31.2. The third-order valence-electron chi connectivity index (χ3n) is 7.19. The highest BCUT2D eigenvalue weighted by Gasteiger charge is 2.44. The predicted molar refractivity (Wildman–Crippen MR) is 142 cm³/mol. The molecule has 2 saturated heterocycles. The fourth-order valence-electron chi connectivity index (χ4n) is 5.05. The average Bonchev–Trinajstić information content (AvgIpc) is 3.77. The van der Waals surface area contributed by atoms with Crippen LogP contribution in [-0.2, 0) is 26.9 Å². The lowest BCUT2D eigenvalue weighted by Crippen LogP contribution is -2.33. The number of ether oxygens (including phenoxy) is 2. The van der Waals surface area contributed by atoms with Crippen LogP contribution in [0.1, 0.15) is 23.8 Å². The van der Waals surface area contributed by atoms with E-state index in [1.54, 1.807) is 0 Å². The first-order valence-corrected chi connectivity index (χ1v) is 13.4. The van der Waals surface area contributed by atoms with Gasteiger partial charge in [-0.3, -0.25) is 9.36 Å². The smallest absolute Gasteiger partial charge is 0.394 e. The van der Waals surface area contributed by atoms with Crippen LogP contribution in [0.4, 0.5) is 29.1 Å². The van der Waals surface area contributed by atoms with Crippen molar-refractivity contribution in [1.29, 1.82) is 0 Å². The fourth-order valence-corrected chi connectivity index (χ4v) is 5.05. The first kappa shape index (κ1) is 29.8. The number of benzene rings is 1. The number of alkyl halides is 3. The lowest BCUT2D eigenvalue weighted by atomic mass is 10.1. The van der Waals surface area contributed by atoms with Gasteiger partial charge in [-0.05, 0) is 30.2 Å². The van der Waals surface area contributed by atoms with Crippen molar-refractivity contribution in [3.05, 3.63) is 53.9 Å². The molecule has 2 aliphatic heterocycles. The van der Waals surface area contributed by atoms with E-state index < -0.39 is 61.0 Å². The molecule has 0 bridgehead atoms. The van der Waals surface area contributed by atoms with Gasteiger partial charge in [-0.2, -0.15) is 28.2 Å². The number of hydrogen-bond donors (Lipinski definition) is 5. The van der Waals surface area contributed by atoms with Crippen LogP contribution in [0.15, 0.2) is 36.9 Å². The van der Waals surface area contributed by atoms with Gasteiger partial charge in [-0.15, -0.1) is 0 Å². The number of fused-ring (bicyclic) bond motifs is 1. The summed E-state index contributed by atoms with van der Waals surface area (Å²) >= 11 is 0. The topological polar surface area (TPSA) is 182 Å². The van der Waals surface area contributed by atoms with Gasteiger partial charge in [0.1, 0.15) is 24.1 Å². The van der Waals surface area contributed by atoms with Gasteiger partial charge in [-0.1, -0.05) is 0 Å². The summed E-state index contributed by atoms with van der Waals surface area (Å²) in [6.07, 6.45) is -5.56. The molecule has 0 saturated carbocycles. The molecule has 2 fully saturated rings. The van der Waals surface area contributed by atoms with Gasteiger partial charge in [0.15, 0.2) is 23.2 Å². The van der Waals surface area contributed by atoms with E-state index in [-0.39, 0.29) is 28.9 Å². The molecule has 0 radical (unpaired) electrons. The van der Waals surface area contributed by atoms with E-state index in [1.165, 1.54) is 28.0 Å². The molecule has 2 aliphatic rings. The standard InChI is InChI=1S/C26H26F4N8O6/c27-14-4-12(3-13(6-14)26(28,29)30)5-18(40)33-16-7-32-38(8-16)25-35-22(34-15-1-2-43-10-15)19-23(36-25)37(11-31-19)24-21(42)20(41)17(9-39)44-24/h3-4,6-8,11,15,17,20-21,24,39,41-42H,1-2,5,9-10H2,(H,33,40)(H,34,35,36)/t15-,17-,20+,21+,24-/m1/s1. The van der Waals surface area contributed by atoms with Gasteiger partial charge in [-0.25, -0.2) is 14.1 Å². The number of rotatable bonds is 8. The molecule has 1 aromatic carbocycles. The number of aliphatic hydroxyl groups excluding tert-OH is 3. The molecular formula is C26H26F4N8O6. The molecule has 5 atom stereocenters. The second-order valence-electron chi connectivity index (χ2n) is 10.4. The van der Waals surface area contributed by atoms with Crippen molar-refractivity contribution in [3.8, 4) is 5.95 Å². The molecule has 5 N–H and O–H groups in total. The van der Waals surface area contributed by atoms with Crippen LogP contribution >= 0.6 is 0 Å². The zero-order valence-electron chi connectivity index (χ0n) is 22.6. The summed E-state index contributed by atoms with van der Waals surface area (Å²) in [5.74, 6) is -1.52. The van der Waals surface area contributed by atoms with E-state index >= 15 is 0 Å². The molecule has 6 rings (SSSR count). The second-order valence-corrected chi connectivity index (χ2v) is 10.4. The Morgan fingerprint density at radius 1 is 1.16 bits per heavy atom. The van der Waals surface area contributed by atoms with Crippen molar-refractivity contribution in [1.82, 2.24) is 29.3 Å². The molecular weight excluding hydrogens is 596 g/mol. The monoisotopic (exact) mass is 622 g/mol. The minimum Gasteiger partial charge on any atom is -0.394 e. The maximum atomic E-state index is 13.8. The van der Waals surface area contributed by atoms with Crippen molar-refractivity contribution in [2.24, 2.45) is 0 Å². The number of hydrogen-bond acceptors (Lipinski definition) is 11. The number of carbonyl (C=O) groups is 1. The lowest BCUT2D eigenvalue weighted by Gasteiger charge is -2.17. The number of anilines is 2. The number of carbonyl (C=O) groups excluding carboxylic acids is 1. The van der Waals surface area contributed by atoms with Gasteiger partial charge in [0.05, 0.1) is 55.6 Å². The van der Waals surface area contributed by atoms with Crippen LogP contribution < -0.4 is 10.6 Å². The number of amides is 1. The highest BCUT2D eigenvalue weighted by Crippen LogP contribution is 2.33. The summed E-state index contributed by atoms with van der Waals surface area (Å²) in [5.41, 5.74) is -0.709. The van der Waals surface area contributed by atoms with E-state index in [0.717, 1.165) is 6.07 Å². The van der Waals surface area contributed by atoms with Gasteiger partial charge >= 0.3 is 6.18 Å². The molecule has 0 spiro atoms. The van der Waals surface area contributed by atoms with Crippen LogP contribution in [0.2, 0.25) is 0 Å². The lowest BCUT2D eigenvalue weighted by molar-refractivity contribution is -0.137. The molecule has 18 heteroatoms. The maximum absolute atomic E-state index is 13.8. The molecule has 0 unspecified atom stereocenters. The Balaban J connectivity index is 1.28. The molecule has 14 nitrogen and oxygen atoms in total. The number of aromatic nitrogens is 6. The van der Waals surface area contributed by atoms with Gasteiger partial charge in [0.25, 0.3) is 5.95 Å². The minimum absolute atomic E-state index is 0.00728. The zero-order valence-corrected chi connectivity index (χ0v) is 22.6. The largest absolute Gasteiger partial charge is 0.416 e. The van der Waals surface area contributed by atoms with E-state index in [4.69, 9.17) is 9.47 Å². The van der Waals surface area contributed by atoms with Crippen molar-refractivity contribution >= 4 is 28.6 Å². The number of aliphatic hydroxyl groups is 3. The molecule has 5 heterocycles. The van der Waals surface area contributed by atoms with Gasteiger partial charge in [0, 0.05) is 6.61 Å². The molecule has 4 aromatic rings. The van der Waals surface area contributed by atoms with Crippen molar-refractivity contribution in [3.63, 3.8) is 0 Å². The highest BCUT2D eigenvalue weighted by atomic mass is 19.4. The summed E-state index contributed by atoms with van der Waals surface area (Å²) < 4.78 is 66.6. The summed E-state index contributed by atoms with van der Waals surface area (Å²) in [6, 6.07) is 1.81. The van der Waals surface area contributed by atoms with E-state index in [2.05, 4.69) is 30.7 Å². The number of nitrogens with zero attached hydrogens (tertiary/aromatic N) is 6. The number of imidazole rings is 1. The normalized spacial score (nSPS) is 23.8. The Morgan fingerprint density at radius 2 is 1.98 bits per heavy atom. The van der Waals surface area contributed by atoms with Crippen LogP contribution in [0.5, 0.6) is 0 Å². The first-order chi connectivity index (χ1) is 21.0. The third-order valence-corrected chi connectivity index (χ3v) is 7.19. The van der Waals surface area contributed by atoms with Crippen LogP contribution in [0.3, 0.4) is 0 Å². The van der Waals surface area contributed by atoms with E-state index in [1.807, 2.05) is 0 Å². The van der Waals surface area contributed by atoms with Crippen molar-refractivity contribution in [2.45, 2.75) is 49.6 Å². The maximum Gasteiger partial charge on any atom is 0.416 e. The fraction of sp³-hybridized carbons (Fsp3) is 0.423. The summed E-state index contributed by atoms with van der Waals surface area (Å²) in [7, 11) is 0. The molecule has 3 aromatic heterocycles. The van der Waals surface area contributed by atoms with Crippen LogP contribution in [0, 0.1) is 5.82 Å². The van der Waals surface area contributed by atoms with Gasteiger partial charge in [0.2, 0.25) is 5.91 Å². The average molecular weight is 623 g/mol. The molecule has 234 valence electrons. The Bertz CT molecular complexity index is 1670. The third kappa shape index (κ3) is 5.93. The Hall–Kier alpha value is -4.23. The SMILES string of the molecule is O=C(Cc1cc(F)cc(C(F)(F)F)c1)Nc1cnn(-c2nc(N[C@@H]3CCOC3)c3ncn([C@@H]4O[C@H](CO)[C@H](O)[C@@H]4O)c3n2)c1. The summed E-state index contributed by atoms with van der Waals surface area (Å²) in [4.78, 5) is 26.0. The van der Waals surface area contributed by atoms with Gasteiger partial charge < -0.3 is 35.4 Å². The Kier molecular flexibility index (Phi) is 7.93. The Morgan fingerprint density at radius 3 is 2.68 bits per heavy atom. The summed E-state index contributed by atoms with van der Waals surface area (Å²) in [5, 5.41) is 40.3. The first-order valence-electron chi connectivity index (χ1n) is 13.4. The molecule has 1 amide bonds. The van der Waals surface area contributed by atoms with Crippen molar-refractivity contribution < 1.29 is 47.1 Å². The van der Waals surface area contributed by atoms with Crippen LogP contribution in [0.25, 0.3) is 17.1 Å². The quantitative estimate of drug-likeness (QED) is 0.178. The minimum atomic E-state index is -4.77. The van der Waals surface area contributed by atoms with Crippen molar-refractivity contribution in [2.75, 3.05) is 30.5 Å². The number of halogens is 4. The molecule has 0 aliphatic carbocycles. The van der Waals surface area contributed by atoms with E-state index in [9.17, 15) is 37.7 Å². The summed E-state index contributed by atoms with van der Waals surface area (Å²) in [6.45, 7) is 0.440. The second kappa shape index (κ2) is 11.7. The van der Waals surface area contributed by atoms with E-state index in [0.29, 0.717) is 43.1 Å². The predicted octanol–water partition coefficient (Wildman–Crippen LogP) is 1.16.